The molecule has 9 heteroatoms. The molecule has 0 bridgehead atoms. The maximum Gasteiger partial charge on any atom is 0.273 e. The molecule has 1 saturated heterocycles. The van der Waals surface area contributed by atoms with Crippen LogP contribution < -0.4 is 5.32 Å². The molecule has 0 aliphatic carbocycles. The molecule has 1 amide bonds. The highest BCUT2D eigenvalue weighted by Crippen LogP contribution is 2.14. The van der Waals surface area contributed by atoms with Gasteiger partial charge < -0.3 is 18.9 Å². The first-order valence-corrected chi connectivity index (χ1v) is 11.1. The molecule has 1 N–H and O–H groups in total. The summed E-state index contributed by atoms with van der Waals surface area (Å²) in [5.41, 5.74) is 1.41. The number of hydrogen-bond donors (Lipinski definition) is 1. The van der Waals surface area contributed by atoms with Crippen LogP contribution >= 0.6 is 11.6 Å². The minimum absolute atomic E-state index is 0.256. The molecule has 1 aromatic carbocycles. The topological polar surface area (TPSA) is 84.0 Å². The highest BCUT2D eigenvalue weighted by molar-refractivity contribution is 6.30. The first-order chi connectivity index (χ1) is 15.7. The predicted molar refractivity (Wildman–Crippen MR) is 119 cm³/mol. The zero-order valence-electron chi connectivity index (χ0n) is 17.8. The van der Waals surface area contributed by atoms with Gasteiger partial charge in [0.15, 0.2) is 5.69 Å². The molecular formula is C23H27ClN4O4. The fourth-order valence-corrected chi connectivity index (χ4v) is 3.65. The summed E-state index contributed by atoms with van der Waals surface area (Å²) in [6.45, 7) is 6.71. The van der Waals surface area contributed by atoms with Crippen molar-refractivity contribution in [2.45, 2.75) is 19.6 Å². The molecule has 0 radical (unpaired) electrons. The standard InChI is InChI=1S/C23H27ClN4O4/c24-19-5-3-18(4-6-19)15-28(8-7-27-9-12-30-13-10-27)16-22-26-21(17-32-22)23(29)25-14-20-2-1-11-31-20/h1-6,11,17H,7-10,12-16H2,(H,25,29). The van der Waals surface area contributed by atoms with Gasteiger partial charge in [-0.1, -0.05) is 23.7 Å². The Morgan fingerprint density at radius 1 is 1.12 bits per heavy atom. The van der Waals surface area contributed by atoms with Gasteiger partial charge in [-0.3, -0.25) is 14.6 Å². The number of carbonyl (C=O) groups excluding carboxylic acids is 1. The largest absolute Gasteiger partial charge is 0.467 e. The van der Waals surface area contributed by atoms with E-state index in [4.69, 9.17) is 25.2 Å². The lowest BCUT2D eigenvalue weighted by Gasteiger charge is -2.29. The summed E-state index contributed by atoms with van der Waals surface area (Å²) in [5, 5.41) is 3.50. The number of aromatic nitrogens is 1. The zero-order chi connectivity index (χ0) is 22.2. The number of halogens is 1. The Morgan fingerprint density at radius 3 is 2.69 bits per heavy atom. The van der Waals surface area contributed by atoms with Crippen LogP contribution in [0.5, 0.6) is 0 Å². The predicted octanol–water partition coefficient (Wildman–Crippen LogP) is 3.19. The van der Waals surface area contributed by atoms with E-state index in [-0.39, 0.29) is 11.6 Å². The van der Waals surface area contributed by atoms with E-state index >= 15 is 0 Å². The minimum atomic E-state index is -0.297. The normalized spacial score (nSPS) is 14.7. The van der Waals surface area contributed by atoms with E-state index in [9.17, 15) is 4.79 Å². The fourth-order valence-electron chi connectivity index (χ4n) is 3.52. The van der Waals surface area contributed by atoms with E-state index in [1.54, 1.807) is 18.4 Å². The van der Waals surface area contributed by atoms with Gasteiger partial charge in [-0.15, -0.1) is 0 Å². The van der Waals surface area contributed by atoms with Gasteiger partial charge in [-0.2, -0.15) is 0 Å². The van der Waals surface area contributed by atoms with E-state index in [0.29, 0.717) is 29.8 Å². The van der Waals surface area contributed by atoms with E-state index < -0.39 is 0 Å². The maximum absolute atomic E-state index is 12.4. The van der Waals surface area contributed by atoms with Gasteiger partial charge in [0.05, 0.1) is 32.6 Å². The lowest BCUT2D eigenvalue weighted by atomic mass is 10.2. The Labute approximate surface area is 192 Å². The minimum Gasteiger partial charge on any atom is -0.467 e. The second-order valence-electron chi connectivity index (χ2n) is 7.68. The van der Waals surface area contributed by atoms with Gasteiger partial charge in [0.25, 0.3) is 5.91 Å². The number of hydrogen-bond acceptors (Lipinski definition) is 7. The number of rotatable bonds is 10. The van der Waals surface area contributed by atoms with Crippen LogP contribution in [-0.2, 0) is 24.4 Å². The van der Waals surface area contributed by atoms with E-state index in [1.165, 1.54) is 6.26 Å². The molecule has 3 aromatic rings. The molecule has 1 aliphatic heterocycles. The van der Waals surface area contributed by atoms with Crippen molar-refractivity contribution in [1.82, 2.24) is 20.1 Å². The Bertz CT molecular complexity index is 968. The molecule has 0 atom stereocenters. The average molecular weight is 459 g/mol. The van der Waals surface area contributed by atoms with Gasteiger partial charge >= 0.3 is 0 Å². The molecule has 32 heavy (non-hydrogen) atoms. The number of amides is 1. The summed E-state index contributed by atoms with van der Waals surface area (Å²) in [6, 6.07) is 11.4. The molecule has 2 aromatic heterocycles. The van der Waals surface area contributed by atoms with Crippen LogP contribution in [-0.4, -0.2) is 60.1 Å². The van der Waals surface area contributed by atoms with Crippen LogP contribution in [0.25, 0.3) is 0 Å². The summed E-state index contributed by atoms with van der Waals surface area (Å²) in [7, 11) is 0. The van der Waals surface area contributed by atoms with Crippen molar-refractivity contribution < 1.29 is 18.4 Å². The molecule has 4 rings (SSSR count). The maximum atomic E-state index is 12.4. The van der Waals surface area contributed by atoms with E-state index in [2.05, 4.69) is 20.1 Å². The number of nitrogens with one attached hydrogen (secondary N) is 1. The van der Waals surface area contributed by atoms with Crippen LogP contribution in [0.2, 0.25) is 5.02 Å². The van der Waals surface area contributed by atoms with Crippen LogP contribution in [0.1, 0.15) is 27.7 Å². The van der Waals surface area contributed by atoms with Crippen molar-refractivity contribution in [2.24, 2.45) is 0 Å². The van der Waals surface area contributed by atoms with Crippen LogP contribution in [0.3, 0.4) is 0 Å². The number of morpholine rings is 1. The molecule has 0 unspecified atom stereocenters. The lowest BCUT2D eigenvalue weighted by molar-refractivity contribution is 0.0320. The van der Waals surface area contributed by atoms with Gasteiger partial charge in [-0.05, 0) is 29.8 Å². The Balaban J connectivity index is 1.36. The molecular weight excluding hydrogens is 432 g/mol. The molecule has 3 heterocycles. The Morgan fingerprint density at radius 2 is 1.94 bits per heavy atom. The summed E-state index contributed by atoms with van der Waals surface area (Å²) < 4.78 is 16.3. The number of furan rings is 1. The van der Waals surface area contributed by atoms with Gasteiger partial charge in [-0.25, -0.2) is 4.98 Å². The monoisotopic (exact) mass is 458 g/mol. The van der Waals surface area contributed by atoms with Crippen LogP contribution in [0, 0.1) is 0 Å². The smallest absolute Gasteiger partial charge is 0.273 e. The second-order valence-corrected chi connectivity index (χ2v) is 8.12. The summed E-state index contributed by atoms with van der Waals surface area (Å²) >= 11 is 6.03. The molecule has 1 aliphatic rings. The Hall–Kier alpha value is -2.65. The molecule has 0 spiro atoms. The highest BCUT2D eigenvalue weighted by atomic mass is 35.5. The van der Waals surface area contributed by atoms with E-state index in [1.807, 2.05) is 24.3 Å². The quantitative estimate of drug-likeness (QED) is 0.499. The lowest BCUT2D eigenvalue weighted by Crippen LogP contribution is -2.41. The van der Waals surface area contributed by atoms with Crippen LogP contribution in [0.15, 0.2) is 57.8 Å². The van der Waals surface area contributed by atoms with Crippen molar-refractivity contribution in [3.8, 4) is 0 Å². The van der Waals surface area contributed by atoms with Gasteiger partial charge in [0, 0.05) is 37.7 Å². The van der Waals surface area contributed by atoms with E-state index in [0.717, 1.165) is 51.5 Å². The number of oxazole rings is 1. The Kier molecular flexibility index (Phi) is 7.95. The zero-order valence-corrected chi connectivity index (χ0v) is 18.6. The van der Waals surface area contributed by atoms with Crippen LogP contribution in [0.4, 0.5) is 0 Å². The van der Waals surface area contributed by atoms with Crippen molar-refractivity contribution in [3.63, 3.8) is 0 Å². The second kappa shape index (κ2) is 11.3. The summed E-state index contributed by atoms with van der Waals surface area (Å²) in [4.78, 5) is 21.4. The van der Waals surface area contributed by atoms with Crippen molar-refractivity contribution in [3.05, 3.63) is 76.9 Å². The summed E-state index contributed by atoms with van der Waals surface area (Å²) in [5.74, 6) is 0.886. The van der Waals surface area contributed by atoms with Crippen molar-refractivity contribution >= 4 is 17.5 Å². The number of benzene rings is 1. The first-order valence-electron chi connectivity index (χ1n) is 10.7. The molecule has 0 saturated carbocycles. The molecule has 170 valence electrons. The SMILES string of the molecule is O=C(NCc1ccco1)c1coc(CN(CCN2CCOCC2)Cc2ccc(Cl)cc2)n1. The summed E-state index contributed by atoms with van der Waals surface area (Å²) in [6.07, 6.45) is 2.97. The fraction of sp³-hybridized carbons (Fsp3) is 0.391. The van der Waals surface area contributed by atoms with Gasteiger partial charge in [0.2, 0.25) is 5.89 Å². The average Bonchev–Trinajstić information content (AvgIpc) is 3.50. The third-order valence-electron chi connectivity index (χ3n) is 5.30. The highest BCUT2D eigenvalue weighted by Gasteiger charge is 2.17. The van der Waals surface area contributed by atoms with Gasteiger partial charge in [0.1, 0.15) is 12.0 Å². The van der Waals surface area contributed by atoms with Crippen molar-refractivity contribution in [2.75, 3.05) is 39.4 Å². The number of nitrogens with zero attached hydrogens (tertiary/aromatic N) is 3. The third kappa shape index (κ3) is 6.67. The third-order valence-corrected chi connectivity index (χ3v) is 5.55. The molecule has 8 nitrogen and oxygen atoms in total. The molecule has 1 fully saturated rings. The first kappa shape index (κ1) is 22.5. The van der Waals surface area contributed by atoms with Crippen molar-refractivity contribution in [1.29, 1.82) is 0 Å². The number of ether oxygens (including phenoxy) is 1. The number of carbonyl (C=O) groups is 1.